The summed E-state index contributed by atoms with van der Waals surface area (Å²) in [6.07, 6.45) is 0. The van der Waals surface area contributed by atoms with Crippen LogP contribution in [-0.2, 0) is 11.3 Å². The van der Waals surface area contributed by atoms with E-state index in [0.29, 0.717) is 21.7 Å². The third-order valence-corrected chi connectivity index (χ3v) is 4.47. The number of benzene rings is 2. The molecule has 0 radical (unpaired) electrons. The van der Waals surface area contributed by atoms with Crippen LogP contribution >= 0.6 is 23.2 Å². The van der Waals surface area contributed by atoms with Gasteiger partial charge in [0.25, 0.3) is 0 Å². The molecule has 3 rings (SSSR count). The Morgan fingerprint density at radius 3 is 2.62 bits per heavy atom. The topological polar surface area (TPSA) is 59.8 Å². The molecule has 1 unspecified atom stereocenters. The number of hydrogen-bond acceptors (Lipinski definition) is 3. The molecule has 2 aromatic carbocycles. The van der Waals surface area contributed by atoms with Gasteiger partial charge >= 0.3 is 0 Å². The molecule has 0 saturated carbocycles. The maximum Gasteiger partial charge on any atom is 0.242 e. The van der Waals surface area contributed by atoms with Gasteiger partial charge in [-0.05, 0) is 31.5 Å². The lowest BCUT2D eigenvalue weighted by atomic mass is 10.1. The van der Waals surface area contributed by atoms with Crippen molar-refractivity contribution in [1.82, 2.24) is 20.1 Å². The fourth-order valence-corrected chi connectivity index (χ4v) is 3.29. The molecule has 0 saturated heterocycles. The first-order valence-electron chi connectivity index (χ1n) is 8.15. The lowest BCUT2D eigenvalue weighted by molar-refractivity contribution is -0.122. The molecule has 1 atom stereocenters. The zero-order chi connectivity index (χ0) is 18.7. The van der Waals surface area contributed by atoms with Crippen LogP contribution in [0.25, 0.3) is 11.4 Å². The molecule has 3 aromatic rings. The number of aromatic nitrogens is 3. The number of hydrogen-bond donors (Lipinski definition) is 1. The Hall–Kier alpha value is -2.37. The largest absolute Gasteiger partial charge is 0.348 e. The molecular formula is C19H18Cl2N4O. The highest BCUT2D eigenvalue weighted by Gasteiger charge is 2.16. The molecule has 1 N–H and O–H groups in total. The van der Waals surface area contributed by atoms with Crippen LogP contribution in [0.15, 0.2) is 48.5 Å². The second kappa shape index (κ2) is 7.89. The first-order valence-corrected chi connectivity index (χ1v) is 8.91. The monoisotopic (exact) mass is 388 g/mol. The van der Waals surface area contributed by atoms with E-state index < -0.39 is 0 Å². The Bertz CT molecular complexity index is 925. The van der Waals surface area contributed by atoms with Gasteiger partial charge in [0.1, 0.15) is 12.4 Å². The van der Waals surface area contributed by atoms with E-state index in [1.54, 1.807) is 23.7 Å². The van der Waals surface area contributed by atoms with Gasteiger partial charge in [-0.1, -0.05) is 59.6 Å². The normalized spacial score (nSPS) is 12.0. The van der Waals surface area contributed by atoms with Crippen LogP contribution in [0.5, 0.6) is 0 Å². The summed E-state index contributed by atoms with van der Waals surface area (Å²) in [6.45, 7) is 3.75. The number of amides is 1. The molecule has 26 heavy (non-hydrogen) atoms. The van der Waals surface area contributed by atoms with Gasteiger partial charge in [0, 0.05) is 15.6 Å². The van der Waals surface area contributed by atoms with Gasteiger partial charge < -0.3 is 5.32 Å². The van der Waals surface area contributed by atoms with E-state index in [4.69, 9.17) is 23.2 Å². The molecule has 5 nitrogen and oxygen atoms in total. The van der Waals surface area contributed by atoms with Crippen LogP contribution in [0.4, 0.5) is 0 Å². The van der Waals surface area contributed by atoms with Crippen LogP contribution in [-0.4, -0.2) is 20.7 Å². The molecule has 0 aliphatic heterocycles. The molecule has 1 amide bonds. The predicted molar refractivity (Wildman–Crippen MR) is 103 cm³/mol. The van der Waals surface area contributed by atoms with Crippen molar-refractivity contribution < 1.29 is 4.79 Å². The van der Waals surface area contributed by atoms with Crippen LogP contribution in [0.3, 0.4) is 0 Å². The van der Waals surface area contributed by atoms with Gasteiger partial charge in [-0.25, -0.2) is 9.67 Å². The molecule has 1 aromatic heterocycles. The maximum absolute atomic E-state index is 12.5. The van der Waals surface area contributed by atoms with Gasteiger partial charge in [0.15, 0.2) is 5.82 Å². The highest BCUT2D eigenvalue weighted by Crippen LogP contribution is 2.26. The van der Waals surface area contributed by atoms with Crippen molar-refractivity contribution in [3.63, 3.8) is 0 Å². The summed E-state index contributed by atoms with van der Waals surface area (Å²) in [6, 6.07) is 14.6. The summed E-state index contributed by atoms with van der Waals surface area (Å²) in [5.74, 6) is 1.10. The zero-order valence-electron chi connectivity index (χ0n) is 14.4. The van der Waals surface area contributed by atoms with Crippen molar-refractivity contribution in [3.05, 3.63) is 70.0 Å². The Labute approximate surface area is 162 Å². The third-order valence-electron chi connectivity index (χ3n) is 3.91. The summed E-state index contributed by atoms with van der Waals surface area (Å²) < 4.78 is 1.61. The first-order chi connectivity index (χ1) is 12.4. The van der Waals surface area contributed by atoms with E-state index in [-0.39, 0.29) is 18.5 Å². The minimum absolute atomic E-state index is 0.0701. The average Bonchev–Trinajstić information content (AvgIpc) is 2.95. The first kappa shape index (κ1) is 18.4. The van der Waals surface area contributed by atoms with Gasteiger partial charge in [0.05, 0.1) is 6.04 Å². The van der Waals surface area contributed by atoms with E-state index >= 15 is 0 Å². The number of nitrogens with zero attached hydrogens (tertiary/aromatic N) is 3. The number of carbonyl (C=O) groups excluding carboxylic acids is 1. The summed E-state index contributed by atoms with van der Waals surface area (Å²) >= 11 is 12.1. The van der Waals surface area contributed by atoms with Crippen molar-refractivity contribution in [2.75, 3.05) is 0 Å². The number of rotatable bonds is 5. The highest BCUT2D eigenvalue weighted by molar-refractivity contribution is 6.35. The highest BCUT2D eigenvalue weighted by atomic mass is 35.5. The lowest BCUT2D eigenvalue weighted by Gasteiger charge is -2.16. The van der Waals surface area contributed by atoms with E-state index in [9.17, 15) is 4.79 Å². The zero-order valence-corrected chi connectivity index (χ0v) is 15.9. The van der Waals surface area contributed by atoms with Crippen LogP contribution < -0.4 is 5.32 Å². The van der Waals surface area contributed by atoms with Crippen molar-refractivity contribution in [2.24, 2.45) is 0 Å². The minimum atomic E-state index is -0.253. The Kier molecular flexibility index (Phi) is 5.59. The third kappa shape index (κ3) is 4.23. The predicted octanol–water partition coefficient (Wildman–Crippen LogP) is 4.44. The number of nitrogens with one attached hydrogen (secondary N) is 1. The molecule has 134 valence electrons. The summed E-state index contributed by atoms with van der Waals surface area (Å²) in [4.78, 5) is 16.9. The van der Waals surface area contributed by atoms with E-state index in [2.05, 4.69) is 15.4 Å². The fraction of sp³-hybridized carbons (Fsp3) is 0.211. The van der Waals surface area contributed by atoms with Crippen molar-refractivity contribution in [1.29, 1.82) is 0 Å². The summed E-state index contributed by atoms with van der Waals surface area (Å²) in [5, 5.41) is 8.35. The van der Waals surface area contributed by atoms with E-state index in [0.717, 1.165) is 11.1 Å². The number of halogens is 2. The van der Waals surface area contributed by atoms with E-state index in [1.165, 1.54) is 0 Å². The second-order valence-electron chi connectivity index (χ2n) is 5.96. The molecule has 1 heterocycles. The van der Waals surface area contributed by atoms with E-state index in [1.807, 2.05) is 43.3 Å². The molecule has 7 heteroatoms. The molecule has 0 aliphatic carbocycles. The Balaban J connectivity index is 1.74. The number of aryl methyl sites for hydroxylation is 1. The Morgan fingerprint density at radius 2 is 1.92 bits per heavy atom. The van der Waals surface area contributed by atoms with Crippen LogP contribution in [0.1, 0.15) is 24.4 Å². The fourth-order valence-electron chi connectivity index (χ4n) is 2.72. The van der Waals surface area contributed by atoms with Gasteiger partial charge in [0.2, 0.25) is 5.91 Å². The van der Waals surface area contributed by atoms with Crippen molar-refractivity contribution >= 4 is 29.1 Å². The molecule has 0 bridgehead atoms. The van der Waals surface area contributed by atoms with Crippen LogP contribution in [0.2, 0.25) is 10.0 Å². The lowest BCUT2D eigenvalue weighted by Crippen LogP contribution is -2.30. The second-order valence-corrected chi connectivity index (χ2v) is 6.80. The molecule has 0 fully saturated rings. The maximum atomic E-state index is 12.5. The summed E-state index contributed by atoms with van der Waals surface area (Å²) in [5.41, 5.74) is 1.72. The van der Waals surface area contributed by atoms with Gasteiger partial charge in [-0.2, -0.15) is 5.10 Å². The van der Waals surface area contributed by atoms with Gasteiger partial charge in [-0.3, -0.25) is 4.79 Å². The Morgan fingerprint density at radius 1 is 1.19 bits per heavy atom. The van der Waals surface area contributed by atoms with Crippen molar-refractivity contribution in [3.8, 4) is 11.4 Å². The van der Waals surface area contributed by atoms with Crippen LogP contribution in [0, 0.1) is 6.92 Å². The SMILES string of the molecule is Cc1nc(-c2ccccc2)n(CC(=O)NC(C)c2ccc(Cl)cc2Cl)n1. The standard InChI is InChI=1S/C19H18Cl2N4O/c1-12(16-9-8-15(20)10-17(16)21)22-18(26)11-25-19(23-13(2)24-25)14-6-4-3-5-7-14/h3-10,12H,11H2,1-2H3,(H,22,26). The van der Waals surface area contributed by atoms with Gasteiger partial charge in [-0.15, -0.1) is 0 Å². The summed E-state index contributed by atoms with van der Waals surface area (Å²) in [7, 11) is 0. The van der Waals surface area contributed by atoms with Crippen molar-refractivity contribution in [2.45, 2.75) is 26.4 Å². The minimum Gasteiger partial charge on any atom is -0.348 e. The molecule has 0 aliphatic rings. The average molecular weight is 389 g/mol. The number of carbonyl (C=O) groups is 1. The smallest absolute Gasteiger partial charge is 0.242 e. The molecule has 0 spiro atoms. The molecular weight excluding hydrogens is 371 g/mol. The quantitative estimate of drug-likeness (QED) is 0.702.